The van der Waals surface area contributed by atoms with Crippen molar-refractivity contribution < 1.29 is 4.79 Å². The van der Waals surface area contributed by atoms with Crippen LogP contribution >= 0.6 is 0 Å². The maximum Gasteiger partial charge on any atom is 0.248 e. The van der Waals surface area contributed by atoms with Crippen molar-refractivity contribution in [2.45, 2.75) is 53.9 Å². The molecule has 0 aliphatic heterocycles. The molecule has 1 aromatic carbocycles. The molecule has 0 spiro atoms. The van der Waals surface area contributed by atoms with Gasteiger partial charge in [0.2, 0.25) is 5.91 Å². The summed E-state index contributed by atoms with van der Waals surface area (Å²) in [5.41, 5.74) is 6.01. The van der Waals surface area contributed by atoms with Crippen molar-refractivity contribution in [2.75, 3.05) is 5.32 Å². The normalized spacial score (nSPS) is 18.2. The molecule has 0 unspecified atom stereocenters. The maximum absolute atomic E-state index is 12.0. The van der Waals surface area contributed by atoms with Crippen molar-refractivity contribution in [3.8, 4) is 0 Å². The van der Waals surface area contributed by atoms with Crippen LogP contribution in [0.25, 0.3) is 0 Å². The first-order chi connectivity index (χ1) is 13.3. The molecule has 0 saturated carbocycles. The fraction of sp³-hybridized carbons (Fsp3) is 0.346. The molecule has 1 N–H and O–H groups in total. The summed E-state index contributed by atoms with van der Waals surface area (Å²) in [6.45, 7) is 10.9. The molecule has 0 atom stereocenters. The molecule has 0 heterocycles. The predicted octanol–water partition coefficient (Wildman–Crippen LogP) is 6.96. The second kappa shape index (κ2) is 10.1. The Kier molecular flexibility index (Phi) is 7.80. The highest BCUT2D eigenvalue weighted by Crippen LogP contribution is 2.40. The molecule has 2 heteroatoms. The summed E-state index contributed by atoms with van der Waals surface area (Å²) in [7, 11) is 0. The van der Waals surface area contributed by atoms with Crippen LogP contribution in [0.3, 0.4) is 0 Å². The number of carbonyl (C=O) groups is 1. The number of amides is 1. The van der Waals surface area contributed by atoms with Gasteiger partial charge in [0.1, 0.15) is 0 Å². The Balaban J connectivity index is 1.96. The fourth-order valence-electron chi connectivity index (χ4n) is 3.53. The van der Waals surface area contributed by atoms with Crippen LogP contribution in [0, 0.1) is 11.5 Å². The molecule has 0 bridgehead atoms. The van der Waals surface area contributed by atoms with E-state index >= 15 is 0 Å². The molecule has 1 aromatic rings. The van der Waals surface area contributed by atoms with Crippen LogP contribution in [0.2, 0.25) is 0 Å². The van der Waals surface area contributed by atoms with Crippen molar-refractivity contribution in [3.63, 3.8) is 0 Å². The van der Waals surface area contributed by atoms with Crippen LogP contribution in [-0.2, 0) is 4.79 Å². The van der Waals surface area contributed by atoms with Gasteiger partial charge in [-0.15, -0.1) is 0 Å². The largest absolute Gasteiger partial charge is 0.322 e. The highest BCUT2D eigenvalue weighted by Gasteiger charge is 2.26. The van der Waals surface area contributed by atoms with Gasteiger partial charge in [0.15, 0.2) is 0 Å². The number of benzene rings is 1. The second-order valence-electron chi connectivity index (χ2n) is 8.19. The number of hydrogen-bond acceptors (Lipinski definition) is 1. The van der Waals surface area contributed by atoms with E-state index in [-0.39, 0.29) is 11.3 Å². The van der Waals surface area contributed by atoms with E-state index in [0.29, 0.717) is 5.69 Å². The van der Waals surface area contributed by atoms with Crippen molar-refractivity contribution >= 4 is 11.6 Å². The van der Waals surface area contributed by atoms with Gasteiger partial charge in [0, 0.05) is 17.8 Å². The van der Waals surface area contributed by atoms with Crippen LogP contribution in [0.1, 0.15) is 53.9 Å². The minimum atomic E-state index is -0.146. The third kappa shape index (κ3) is 6.84. The SMILES string of the molecule is CC(C=CC1=C(C)CCCC1(C)C)=CC=CC(C)=CC(=O)Nc1[c]cccc1. The Labute approximate surface area is 170 Å². The third-order valence-electron chi connectivity index (χ3n) is 5.10. The van der Waals surface area contributed by atoms with Gasteiger partial charge in [0.05, 0.1) is 0 Å². The predicted molar refractivity (Wildman–Crippen MR) is 120 cm³/mol. The van der Waals surface area contributed by atoms with E-state index in [9.17, 15) is 4.79 Å². The van der Waals surface area contributed by atoms with Gasteiger partial charge >= 0.3 is 0 Å². The first-order valence-electron chi connectivity index (χ1n) is 9.97. The average Bonchev–Trinajstić information content (AvgIpc) is 2.61. The summed E-state index contributed by atoms with van der Waals surface area (Å²) in [5, 5.41) is 2.80. The summed E-state index contributed by atoms with van der Waals surface area (Å²) in [4.78, 5) is 12.0. The molecule has 1 radical (unpaired) electrons. The molecule has 1 amide bonds. The minimum absolute atomic E-state index is 0.146. The molecule has 28 heavy (non-hydrogen) atoms. The Hall–Kier alpha value is -2.61. The van der Waals surface area contributed by atoms with E-state index in [1.165, 1.54) is 36.0 Å². The number of anilines is 1. The summed E-state index contributed by atoms with van der Waals surface area (Å²) >= 11 is 0. The van der Waals surface area contributed by atoms with Gasteiger partial charge in [0.25, 0.3) is 0 Å². The second-order valence-corrected chi connectivity index (χ2v) is 8.19. The molecule has 1 aliphatic carbocycles. The molecule has 0 saturated heterocycles. The number of nitrogens with one attached hydrogen (secondary N) is 1. The highest BCUT2D eigenvalue weighted by atomic mass is 16.1. The van der Waals surface area contributed by atoms with Gasteiger partial charge in [-0.05, 0) is 62.7 Å². The smallest absolute Gasteiger partial charge is 0.248 e. The third-order valence-corrected chi connectivity index (χ3v) is 5.10. The Morgan fingerprint density at radius 2 is 1.96 bits per heavy atom. The molecule has 2 nitrogen and oxygen atoms in total. The van der Waals surface area contributed by atoms with E-state index in [4.69, 9.17) is 0 Å². The summed E-state index contributed by atoms with van der Waals surface area (Å²) in [6, 6.07) is 10.3. The molecule has 2 rings (SSSR count). The van der Waals surface area contributed by atoms with Crippen LogP contribution in [-0.4, -0.2) is 5.91 Å². The van der Waals surface area contributed by atoms with Crippen molar-refractivity contribution in [3.05, 3.63) is 89.1 Å². The Morgan fingerprint density at radius 3 is 2.64 bits per heavy atom. The fourth-order valence-corrected chi connectivity index (χ4v) is 3.53. The molecule has 147 valence electrons. The lowest BCUT2D eigenvalue weighted by Gasteiger charge is -2.32. The van der Waals surface area contributed by atoms with Gasteiger partial charge in [-0.1, -0.05) is 73.6 Å². The average molecular weight is 375 g/mol. The van der Waals surface area contributed by atoms with Crippen molar-refractivity contribution in [1.29, 1.82) is 0 Å². The van der Waals surface area contributed by atoms with Gasteiger partial charge < -0.3 is 5.32 Å². The maximum atomic E-state index is 12.0. The number of carbonyl (C=O) groups excluding carboxylic acids is 1. The van der Waals surface area contributed by atoms with E-state index in [1.807, 2.05) is 37.3 Å². The van der Waals surface area contributed by atoms with Gasteiger partial charge in [-0.3, -0.25) is 4.79 Å². The monoisotopic (exact) mass is 374 g/mol. The Morgan fingerprint density at radius 1 is 1.18 bits per heavy atom. The summed E-state index contributed by atoms with van der Waals surface area (Å²) in [5.74, 6) is -0.146. The number of hydrogen-bond donors (Lipinski definition) is 1. The minimum Gasteiger partial charge on any atom is -0.322 e. The van der Waals surface area contributed by atoms with E-state index in [0.717, 1.165) is 5.57 Å². The zero-order valence-corrected chi connectivity index (χ0v) is 17.8. The summed E-state index contributed by atoms with van der Waals surface area (Å²) in [6.07, 6.45) is 15.8. The van der Waals surface area contributed by atoms with Crippen LogP contribution in [0.15, 0.2) is 83.0 Å². The molecule has 1 aliphatic rings. The topological polar surface area (TPSA) is 29.1 Å². The van der Waals surface area contributed by atoms with Gasteiger partial charge in [-0.25, -0.2) is 0 Å². The lowest BCUT2D eigenvalue weighted by atomic mass is 9.72. The molecule has 0 fully saturated rings. The molecular formula is C26H32NO. The zero-order valence-electron chi connectivity index (χ0n) is 17.8. The van der Waals surface area contributed by atoms with Crippen LogP contribution in [0.5, 0.6) is 0 Å². The van der Waals surface area contributed by atoms with Crippen molar-refractivity contribution in [2.24, 2.45) is 5.41 Å². The standard InChI is InChI=1S/C26H32NO/c1-20(16-17-24-22(3)13-10-18-26(24,4)5)11-9-12-21(2)19-25(28)27-23-14-7-6-8-15-23/h6-9,11-12,14,16-17,19H,10,13,18H2,1-5H3,(H,27,28). The lowest BCUT2D eigenvalue weighted by molar-refractivity contribution is -0.111. The van der Waals surface area contributed by atoms with Crippen LogP contribution in [0.4, 0.5) is 5.69 Å². The van der Waals surface area contributed by atoms with E-state index < -0.39 is 0 Å². The zero-order chi connectivity index (χ0) is 20.6. The van der Waals surface area contributed by atoms with E-state index in [2.05, 4.69) is 57.3 Å². The number of allylic oxidation sites excluding steroid dienone is 9. The summed E-state index contributed by atoms with van der Waals surface area (Å²) < 4.78 is 0. The number of para-hydroxylation sites is 1. The Bertz CT molecular complexity index is 832. The lowest BCUT2D eigenvalue weighted by Crippen LogP contribution is -2.19. The first-order valence-corrected chi connectivity index (χ1v) is 9.97. The molecular weight excluding hydrogens is 342 g/mol. The highest BCUT2D eigenvalue weighted by molar-refractivity contribution is 5.99. The first kappa shape index (κ1) is 21.7. The molecule has 0 aromatic heterocycles. The van der Waals surface area contributed by atoms with Crippen LogP contribution < -0.4 is 5.32 Å². The number of rotatable bonds is 6. The van der Waals surface area contributed by atoms with Gasteiger partial charge in [-0.2, -0.15) is 0 Å². The van der Waals surface area contributed by atoms with E-state index in [1.54, 1.807) is 12.1 Å². The van der Waals surface area contributed by atoms with Crippen molar-refractivity contribution in [1.82, 2.24) is 0 Å². The quantitative estimate of drug-likeness (QED) is 0.423.